The van der Waals surface area contributed by atoms with Gasteiger partial charge >= 0.3 is 5.97 Å². The maximum absolute atomic E-state index is 10.4. The molecule has 19 heavy (non-hydrogen) atoms. The average Bonchev–Trinajstić information content (AvgIpc) is 2.37. The summed E-state index contributed by atoms with van der Waals surface area (Å²) >= 11 is 0. The molecule has 0 aliphatic carbocycles. The monoisotopic (exact) mass is 265 g/mol. The van der Waals surface area contributed by atoms with Crippen LogP contribution in [0.2, 0.25) is 0 Å². The number of aliphatic carboxylic acids is 1. The molecule has 0 saturated carbocycles. The van der Waals surface area contributed by atoms with Gasteiger partial charge in [-0.25, -0.2) is 0 Å². The summed E-state index contributed by atoms with van der Waals surface area (Å²) in [4.78, 5) is 12.4. The van der Waals surface area contributed by atoms with Crippen LogP contribution in [0.5, 0.6) is 0 Å². The Morgan fingerprint density at radius 2 is 1.84 bits per heavy atom. The Hall–Kier alpha value is -1.39. The first-order valence-electron chi connectivity index (χ1n) is 6.67. The average molecular weight is 265 g/mol. The number of benzene rings is 1. The number of aryl methyl sites for hydroxylation is 1. The lowest BCUT2D eigenvalue weighted by Crippen LogP contribution is -2.29. The van der Waals surface area contributed by atoms with E-state index in [0.717, 1.165) is 13.0 Å². The van der Waals surface area contributed by atoms with E-state index in [4.69, 9.17) is 5.11 Å². The summed E-state index contributed by atoms with van der Waals surface area (Å²) in [6, 6.07) is 8.42. The van der Waals surface area contributed by atoms with Gasteiger partial charge in [0.2, 0.25) is 0 Å². The second-order valence-electron chi connectivity index (χ2n) is 4.95. The summed E-state index contributed by atoms with van der Waals surface area (Å²) in [7, 11) is 1.93. The van der Waals surface area contributed by atoms with Gasteiger partial charge in [0.25, 0.3) is 0 Å². The lowest BCUT2D eigenvalue weighted by Gasteiger charge is -2.20. The van der Waals surface area contributed by atoms with Crippen LogP contribution in [0.15, 0.2) is 24.3 Å². The topological polar surface area (TPSA) is 60.8 Å². The SMILES string of the molecule is CCc1ccc(CN(C)CC(O)CCC(=O)O)cc1. The first kappa shape index (κ1) is 15.7. The molecular formula is C15H23NO3. The third-order valence-corrected chi connectivity index (χ3v) is 3.10. The van der Waals surface area contributed by atoms with Gasteiger partial charge in [-0.05, 0) is 31.0 Å². The van der Waals surface area contributed by atoms with Crippen molar-refractivity contribution in [1.82, 2.24) is 4.90 Å². The number of aliphatic hydroxyl groups is 1. The molecule has 0 fully saturated rings. The van der Waals surface area contributed by atoms with Crippen LogP contribution in [0, 0.1) is 0 Å². The summed E-state index contributed by atoms with van der Waals surface area (Å²) in [5, 5.41) is 18.3. The summed E-state index contributed by atoms with van der Waals surface area (Å²) in [5.41, 5.74) is 2.51. The van der Waals surface area contributed by atoms with Crippen molar-refractivity contribution in [1.29, 1.82) is 0 Å². The number of carboxylic acid groups (broad SMARTS) is 1. The van der Waals surface area contributed by atoms with Gasteiger partial charge in [0.1, 0.15) is 0 Å². The minimum atomic E-state index is -0.864. The quantitative estimate of drug-likeness (QED) is 0.753. The molecule has 0 heterocycles. The minimum Gasteiger partial charge on any atom is -0.481 e. The van der Waals surface area contributed by atoms with E-state index in [9.17, 15) is 9.90 Å². The van der Waals surface area contributed by atoms with Crippen LogP contribution in [-0.4, -0.2) is 40.8 Å². The molecule has 1 unspecified atom stereocenters. The van der Waals surface area contributed by atoms with Crippen molar-refractivity contribution in [2.75, 3.05) is 13.6 Å². The van der Waals surface area contributed by atoms with Crippen LogP contribution in [0.4, 0.5) is 0 Å². The van der Waals surface area contributed by atoms with Crippen molar-refractivity contribution < 1.29 is 15.0 Å². The van der Waals surface area contributed by atoms with E-state index in [0.29, 0.717) is 13.0 Å². The fraction of sp³-hybridized carbons (Fsp3) is 0.533. The van der Waals surface area contributed by atoms with Gasteiger partial charge in [0.05, 0.1) is 6.10 Å². The van der Waals surface area contributed by atoms with Crippen LogP contribution >= 0.6 is 0 Å². The number of aliphatic hydroxyl groups excluding tert-OH is 1. The molecule has 1 rings (SSSR count). The first-order valence-corrected chi connectivity index (χ1v) is 6.67. The van der Waals surface area contributed by atoms with Crippen molar-refractivity contribution in [3.8, 4) is 0 Å². The second-order valence-corrected chi connectivity index (χ2v) is 4.95. The van der Waals surface area contributed by atoms with Crippen molar-refractivity contribution in [2.24, 2.45) is 0 Å². The standard InChI is InChI=1S/C15H23NO3/c1-3-12-4-6-13(7-5-12)10-16(2)11-14(17)8-9-15(18)19/h4-7,14,17H,3,8-11H2,1-2H3,(H,18,19). The summed E-state index contributed by atoms with van der Waals surface area (Å²) in [6.07, 6.45) is 0.759. The lowest BCUT2D eigenvalue weighted by atomic mass is 10.1. The molecule has 2 N–H and O–H groups in total. The largest absolute Gasteiger partial charge is 0.481 e. The van der Waals surface area contributed by atoms with Gasteiger partial charge in [-0.2, -0.15) is 0 Å². The van der Waals surface area contributed by atoms with Gasteiger partial charge < -0.3 is 10.2 Å². The Morgan fingerprint density at radius 1 is 1.26 bits per heavy atom. The molecule has 0 spiro atoms. The number of rotatable bonds is 8. The van der Waals surface area contributed by atoms with Gasteiger partial charge in [-0.1, -0.05) is 31.2 Å². The van der Waals surface area contributed by atoms with E-state index < -0.39 is 12.1 Å². The molecule has 1 aromatic rings. The summed E-state index contributed by atoms with van der Waals surface area (Å²) in [5.74, 6) is -0.864. The van der Waals surface area contributed by atoms with E-state index in [2.05, 4.69) is 31.2 Å². The third-order valence-electron chi connectivity index (χ3n) is 3.10. The van der Waals surface area contributed by atoms with E-state index in [1.807, 2.05) is 11.9 Å². The molecule has 0 aromatic heterocycles. The fourth-order valence-electron chi connectivity index (χ4n) is 2.00. The highest BCUT2D eigenvalue weighted by Crippen LogP contribution is 2.08. The van der Waals surface area contributed by atoms with E-state index in [1.54, 1.807) is 0 Å². The van der Waals surface area contributed by atoms with Crippen molar-refractivity contribution in [3.63, 3.8) is 0 Å². The molecule has 0 aliphatic rings. The van der Waals surface area contributed by atoms with Crippen LogP contribution in [0.25, 0.3) is 0 Å². The zero-order chi connectivity index (χ0) is 14.3. The number of hydrogen-bond acceptors (Lipinski definition) is 3. The fourth-order valence-corrected chi connectivity index (χ4v) is 2.00. The van der Waals surface area contributed by atoms with Crippen LogP contribution in [0.1, 0.15) is 30.9 Å². The summed E-state index contributed by atoms with van der Waals surface area (Å²) in [6.45, 7) is 3.37. The third kappa shape index (κ3) is 6.36. The lowest BCUT2D eigenvalue weighted by molar-refractivity contribution is -0.137. The minimum absolute atomic E-state index is 0.0141. The second kappa shape index (κ2) is 7.92. The Morgan fingerprint density at radius 3 is 2.37 bits per heavy atom. The highest BCUT2D eigenvalue weighted by molar-refractivity contribution is 5.66. The zero-order valence-corrected chi connectivity index (χ0v) is 11.7. The van der Waals surface area contributed by atoms with Crippen LogP contribution in [-0.2, 0) is 17.8 Å². The van der Waals surface area contributed by atoms with Crippen molar-refractivity contribution in [3.05, 3.63) is 35.4 Å². The number of nitrogens with zero attached hydrogens (tertiary/aromatic N) is 1. The molecule has 4 nitrogen and oxygen atoms in total. The smallest absolute Gasteiger partial charge is 0.303 e. The molecule has 1 aromatic carbocycles. The predicted octanol–water partition coefficient (Wildman–Crippen LogP) is 1.91. The molecule has 0 bridgehead atoms. The highest BCUT2D eigenvalue weighted by Gasteiger charge is 2.10. The number of carbonyl (C=O) groups is 1. The molecule has 106 valence electrons. The number of hydrogen-bond donors (Lipinski definition) is 2. The predicted molar refractivity (Wildman–Crippen MR) is 75.0 cm³/mol. The Labute approximate surface area is 114 Å². The first-order chi connectivity index (χ1) is 9.01. The van der Waals surface area contributed by atoms with Crippen LogP contribution in [0.3, 0.4) is 0 Å². The molecule has 0 saturated heterocycles. The van der Waals surface area contributed by atoms with Crippen molar-refractivity contribution >= 4 is 5.97 Å². The van der Waals surface area contributed by atoms with E-state index in [1.165, 1.54) is 11.1 Å². The van der Waals surface area contributed by atoms with E-state index >= 15 is 0 Å². The Kier molecular flexibility index (Phi) is 6.53. The van der Waals surface area contributed by atoms with Gasteiger partial charge in [0, 0.05) is 19.5 Å². The van der Waals surface area contributed by atoms with Gasteiger partial charge in [-0.3, -0.25) is 9.69 Å². The van der Waals surface area contributed by atoms with E-state index in [-0.39, 0.29) is 6.42 Å². The molecule has 0 radical (unpaired) electrons. The normalized spacial score (nSPS) is 12.6. The molecule has 0 aliphatic heterocycles. The van der Waals surface area contributed by atoms with Gasteiger partial charge in [0.15, 0.2) is 0 Å². The number of carboxylic acids is 1. The summed E-state index contributed by atoms with van der Waals surface area (Å²) < 4.78 is 0. The maximum Gasteiger partial charge on any atom is 0.303 e. The number of likely N-dealkylation sites (N-methyl/N-ethyl adjacent to an activating group) is 1. The Balaban J connectivity index is 2.36. The zero-order valence-electron chi connectivity index (χ0n) is 11.7. The van der Waals surface area contributed by atoms with Gasteiger partial charge in [-0.15, -0.1) is 0 Å². The van der Waals surface area contributed by atoms with Crippen molar-refractivity contribution in [2.45, 2.75) is 38.8 Å². The molecule has 1 atom stereocenters. The highest BCUT2D eigenvalue weighted by atomic mass is 16.4. The molecule has 4 heteroatoms. The molecule has 0 amide bonds. The van der Waals surface area contributed by atoms with Crippen LogP contribution < -0.4 is 0 Å². The molecular weight excluding hydrogens is 242 g/mol. The maximum atomic E-state index is 10.4. The Bertz CT molecular complexity index is 389.